The van der Waals surface area contributed by atoms with Crippen LogP contribution in [0.25, 0.3) is 16.6 Å². The van der Waals surface area contributed by atoms with Crippen molar-refractivity contribution >= 4 is 89.8 Å². The van der Waals surface area contributed by atoms with Crippen molar-refractivity contribution in [1.29, 1.82) is 0 Å². The molecule has 0 atom stereocenters. The maximum absolute atomic E-state index is 14.2. The predicted octanol–water partition coefficient (Wildman–Crippen LogP) is 3.74. The summed E-state index contributed by atoms with van der Waals surface area (Å²) in [6.07, 6.45) is 0. The van der Waals surface area contributed by atoms with Crippen molar-refractivity contribution in [2.24, 2.45) is 4.36 Å². The number of carbonyl (C=O) groups excluding carboxylic acids is 1. The van der Waals surface area contributed by atoms with Gasteiger partial charge in [-0.2, -0.15) is 8.42 Å². The normalized spacial score (nSPS) is 10.5. The molecule has 15 heteroatoms. The molecule has 2 N–H and O–H groups in total. The number of carbonyl (C=O) groups is 1. The van der Waals surface area contributed by atoms with E-state index in [2.05, 4.69) is 14.7 Å². The number of nitrogens with zero attached hydrogens (tertiary/aromatic N) is 3. The molecule has 0 spiro atoms. The van der Waals surface area contributed by atoms with E-state index in [1.807, 2.05) is 0 Å². The maximum atomic E-state index is 14.2. The Labute approximate surface area is 225 Å². The van der Waals surface area contributed by atoms with Gasteiger partial charge in [0.2, 0.25) is 0 Å². The molecule has 0 aliphatic rings. The maximum Gasteiger partial charge on any atom is 2.00 e. The molecule has 0 bridgehead atoms. The van der Waals surface area contributed by atoms with Gasteiger partial charge in [-0.3, -0.25) is 9.69 Å². The third-order valence-electron chi connectivity index (χ3n) is 4.74. The van der Waals surface area contributed by atoms with Crippen LogP contribution in [0.5, 0.6) is 0 Å². The van der Waals surface area contributed by atoms with E-state index in [1.165, 1.54) is 49.5 Å². The zero-order valence-corrected chi connectivity index (χ0v) is 21.6. The molecular formula is C20H15ClFMgN5O5S2. The second-order valence-corrected chi connectivity index (χ2v) is 9.03. The summed E-state index contributed by atoms with van der Waals surface area (Å²) in [4.78, 5) is 41.6. The zero-order chi connectivity index (χ0) is 24.6. The first-order chi connectivity index (χ1) is 16.2. The number of urea groups is 1. The Kier molecular flexibility index (Phi) is 8.12. The Hall–Kier alpha value is -3.04. The summed E-state index contributed by atoms with van der Waals surface area (Å²) < 4.78 is 40.2. The molecule has 0 radical (unpaired) electrons. The quantitative estimate of drug-likeness (QED) is 0.374. The van der Waals surface area contributed by atoms with E-state index in [4.69, 9.17) is 11.6 Å². The number of thiophene rings is 1. The monoisotopic (exact) mass is 547 g/mol. The first-order valence-electron chi connectivity index (χ1n) is 9.37. The number of rotatable bonds is 4. The van der Waals surface area contributed by atoms with Crippen LogP contribution in [0.3, 0.4) is 0 Å². The van der Waals surface area contributed by atoms with E-state index in [1.54, 1.807) is 0 Å². The molecule has 10 nitrogen and oxygen atoms in total. The molecule has 0 aliphatic carbocycles. The molecule has 2 aromatic carbocycles. The summed E-state index contributed by atoms with van der Waals surface area (Å²) in [5, 5.41) is 2.89. The smallest absolute Gasteiger partial charge is 1.00 e. The van der Waals surface area contributed by atoms with Crippen molar-refractivity contribution in [1.82, 2.24) is 9.55 Å². The minimum absolute atomic E-state index is 0. The summed E-state index contributed by atoms with van der Waals surface area (Å²) in [6.45, 7) is 0. The van der Waals surface area contributed by atoms with Crippen molar-refractivity contribution < 1.29 is 20.5 Å². The van der Waals surface area contributed by atoms with Crippen LogP contribution in [-0.4, -0.2) is 54.1 Å². The molecule has 178 valence electrons. The van der Waals surface area contributed by atoms with E-state index in [0.717, 1.165) is 26.9 Å². The minimum Gasteiger partial charge on any atom is -1.00 e. The van der Waals surface area contributed by atoms with Crippen LogP contribution in [0.15, 0.2) is 62.5 Å². The Bertz CT molecular complexity index is 1700. The van der Waals surface area contributed by atoms with Crippen molar-refractivity contribution in [2.45, 2.75) is 0 Å². The molecular weight excluding hydrogens is 533 g/mol. The number of H-pyrrole nitrogens is 1. The third kappa shape index (κ3) is 5.30. The van der Waals surface area contributed by atoms with E-state index in [0.29, 0.717) is 9.34 Å². The van der Waals surface area contributed by atoms with Gasteiger partial charge in [0.15, 0.2) is 0 Å². The largest absolute Gasteiger partial charge is 2.00 e. The number of benzene rings is 2. The SMILES string of the molecule is CNc1cc2[nH]c(=O)n(-c3ccc(N(C(=O)N=S(=O)=O)c4ccc(Cl)s4)cc3)c(=O)c2cc1F.[H-].[H-].[Mg+2]. The van der Waals surface area contributed by atoms with Crippen LogP contribution in [0.1, 0.15) is 2.85 Å². The standard InChI is InChI=1S/C20H13ClFN5O5S2.Mg.2H/c1-23-15-9-14-12(8-13(15)22)18(28)27(19(29)24-14)11-4-2-10(3-5-11)26(20(30)25-34(31)32)17-7-6-16(21)33-17;;;/h2-9,23H,1H3,(H,24,29);;;/q;+2;2*-1. The van der Waals surface area contributed by atoms with Gasteiger partial charge < -0.3 is 13.2 Å². The molecule has 0 saturated carbocycles. The van der Waals surface area contributed by atoms with E-state index in [9.17, 15) is 27.2 Å². The van der Waals surface area contributed by atoms with Crippen molar-refractivity contribution in [3.8, 4) is 5.69 Å². The van der Waals surface area contributed by atoms with Gasteiger partial charge in [-0.25, -0.2) is 18.5 Å². The summed E-state index contributed by atoms with van der Waals surface area (Å²) in [5.41, 5.74) is -0.886. The molecule has 0 unspecified atom stereocenters. The van der Waals surface area contributed by atoms with Crippen LogP contribution in [0.2, 0.25) is 4.34 Å². The van der Waals surface area contributed by atoms with Crippen molar-refractivity contribution in [3.63, 3.8) is 0 Å². The van der Waals surface area contributed by atoms with Gasteiger partial charge in [0, 0.05) is 7.05 Å². The van der Waals surface area contributed by atoms with Gasteiger partial charge in [0.25, 0.3) is 5.56 Å². The molecule has 4 rings (SSSR count). The molecule has 2 amide bonds. The summed E-state index contributed by atoms with van der Waals surface area (Å²) in [6, 6.07) is 9.83. The number of halogens is 2. The van der Waals surface area contributed by atoms with Gasteiger partial charge in [-0.1, -0.05) is 16.0 Å². The van der Waals surface area contributed by atoms with E-state index >= 15 is 0 Å². The number of aromatic nitrogens is 2. The number of nitrogens with one attached hydrogen (secondary N) is 2. The fraction of sp³-hybridized carbons (Fsp3) is 0.0500. The van der Waals surface area contributed by atoms with Crippen molar-refractivity contribution in [2.75, 3.05) is 17.3 Å². The topological polar surface area (TPSA) is 134 Å². The van der Waals surface area contributed by atoms with Crippen LogP contribution in [0.4, 0.5) is 25.6 Å². The van der Waals surface area contributed by atoms with E-state index in [-0.39, 0.29) is 53.9 Å². The number of amides is 2. The number of hydrogen-bond donors (Lipinski definition) is 2. The fourth-order valence-electron chi connectivity index (χ4n) is 3.28. The third-order valence-corrected chi connectivity index (χ3v) is 6.27. The second kappa shape index (κ2) is 10.7. The van der Waals surface area contributed by atoms with Crippen LogP contribution in [-0.2, 0) is 10.5 Å². The molecule has 0 saturated heterocycles. The average molecular weight is 548 g/mol. The Morgan fingerprint density at radius 3 is 2.46 bits per heavy atom. The van der Waals surface area contributed by atoms with Gasteiger partial charge in [0.1, 0.15) is 10.8 Å². The average Bonchev–Trinajstić information content (AvgIpc) is 3.20. The predicted molar refractivity (Wildman–Crippen MR) is 136 cm³/mol. The van der Waals surface area contributed by atoms with Gasteiger partial charge >= 0.3 is 45.3 Å². The summed E-state index contributed by atoms with van der Waals surface area (Å²) in [5.74, 6) is -0.663. The molecule has 2 heterocycles. The van der Waals surface area contributed by atoms with Gasteiger partial charge in [0.05, 0.1) is 32.3 Å². The van der Waals surface area contributed by atoms with Crippen LogP contribution in [0, 0.1) is 5.82 Å². The molecule has 0 fully saturated rings. The molecule has 35 heavy (non-hydrogen) atoms. The Balaban J connectivity index is 0.00000228. The first kappa shape index (κ1) is 26.6. The Morgan fingerprint density at radius 2 is 1.89 bits per heavy atom. The van der Waals surface area contributed by atoms with Gasteiger partial charge in [-0.05, 0) is 48.5 Å². The van der Waals surface area contributed by atoms with Crippen LogP contribution >= 0.6 is 22.9 Å². The van der Waals surface area contributed by atoms with Gasteiger partial charge in [-0.15, -0.1) is 11.3 Å². The zero-order valence-electron chi connectivity index (χ0n) is 19.8. The number of hydrogen-bond acceptors (Lipinski definition) is 7. The fourth-order valence-corrected chi connectivity index (χ4v) is 4.53. The van der Waals surface area contributed by atoms with E-state index < -0.39 is 33.6 Å². The first-order valence-corrected chi connectivity index (χ1v) is 11.6. The summed E-state index contributed by atoms with van der Waals surface area (Å²) in [7, 11) is -1.48. The number of fused-ring (bicyclic) bond motifs is 1. The molecule has 0 aliphatic heterocycles. The summed E-state index contributed by atoms with van der Waals surface area (Å²) >= 11 is 6.96. The number of aromatic amines is 1. The molecule has 2 aromatic heterocycles. The molecule has 4 aromatic rings. The second-order valence-electron chi connectivity index (χ2n) is 6.72. The minimum atomic E-state index is -2.99. The van der Waals surface area contributed by atoms with Crippen molar-refractivity contribution in [3.05, 3.63) is 79.5 Å². The number of anilines is 3. The Morgan fingerprint density at radius 1 is 1.20 bits per heavy atom. The van der Waals surface area contributed by atoms with Crippen LogP contribution < -0.4 is 21.5 Å².